The highest BCUT2D eigenvalue weighted by Gasteiger charge is 2.42. The molecule has 0 saturated heterocycles. The van der Waals surface area contributed by atoms with Gasteiger partial charge in [-0.15, -0.1) is 5.10 Å². The van der Waals surface area contributed by atoms with Crippen LogP contribution in [0.4, 0.5) is 5.95 Å². The molecule has 0 spiro atoms. The predicted molar refractivity (Wildman–Crippen MR) is 76.3 cm³/mol. The summed E-state index contributed by atoms with van der Waals surface area (Å²) in [6.07, 6.45) is 5.12. The second-order valence-electron chi connectivity index (χ2n) is 5.52. The highest BCUT2D eigenvalue weighted by atomic mass is 15.3. The van der Waals surface area contributed by atoms with Gasteiger partial charge in [0.2, 0.25) is 5.95 Å². The molecule has 2 atom stereocenters. The summed E-state index contributed by atoms with van der Waals surface area (Å²) in [7, 11) is 3.84. The van der Waals surface area contributed by atoms with Crippen LogP contribution in [-0.2, 0) is 14.1 Å². The van der Waals surface area contributed by atoms with Crippen LogP contribution in [0.5, 0.6) is 0 Å². The zero-order valence-electron chi connectivity index (χ0n) is 11.9. The highest BCUT2D eigenvalue weighted by molar-refractivity contribution is 5.52. The van der Waals surface area contributed by atoms with E-state index in [4.69, 9.17) is 5.73 Å². The summed E-state index contributed by atoms with van der Waals surface area (Å²) >= 11 is 0. The number of nitrogen functional groups attached to an aromatic ring is 1. The van der Waals surface area contributed by atoms with Crippen molar-refractivity contribution in [2.75, 3.05) is 5.73 Å². The molecule has 3 N–H and O–H groups in total. The van der Waals surface area contributed by atoms with E-state index in [9.17, 15) is 0 Å². The number of aryl methyl sites for hydroxylation is 2. The number of hydrogen-bond acceptors (Lipinski definition) is 5. The standard InChI is InChI=1S/C13H16N8/c1-20-6-7(5-15-20)8-3-9(8)10-4-11(21(2)19-10)12-16-13(14)18-17-12/h4-6,8-9H,3H2,1-2H3,(H3,14,16,17,18). The largest absolute Gasteiger partial charge is 0.366 e. The minimum atomic E-state index is 0.243. The third kappa shape index (κ3) is 1.99. The van der Waals surface area contributed by atoms with Crippen LogP contribution in [0.25, 0.3) is 11.5 Å². The van der Waals surface area contributed by atoms with Gasteiger partial charge in [0.05, 0.1) is 11.9 Å². The number of nitrogens with zero attached hydrogens (tertiary/aromatic N) is 6. The van der Waals surface area contributed by atoms with Gasteiger partial charge in [-0.25, -0.2) is 0 Å². The van der Waals surface area contributed by atoms with Crippen LogP contribution < -0.4 is 5.73 Å². The lowest BCUT2D eigenvalue weighted by Crippen LogP contribution is -1.95. The normalized spacial score (nSPS) is 20.9. The average Bonchev–Trinajstić information content (AvgIpc) is 2.76. The number of hydrogen-bond donors (Lipinski definition) is 2. The summed E-state index contributed by atoms with van der Waals surface area (Å²) < 4.78 is 3.65. The van der Waals surface area contributed by atoms with E-state index in [0.717, 1.165) is 17.8 Å². The quantitative estimate of drug-likeness (QED) is 0.740. The molecule has 0 aliphatic heterocycles. The van der Waals surface area contributed by atoms with Crippen molar-refractivity contribution in [3.63, 3.8) is 0 Å². The van der Waals surface area contributed by atoms with Gasteiger partial charge < -0.3 is 5.73 Å². The van der Waals surface area contributed by atoms with Crippen molar-refractivity contribution >= 4 is 5.95 Å². The van der Waals surface area contributed by atoms with Crippen LogP contribution in [0.1, 0.15) is 29.5 Å². The Kier molecular flexibility index (Phi) is 2.41. The molecule has 0 radical (unpaired) electrons. The molecule has 1 aliphatic carbocycles. The lowest BCUT2D eigenvalue weighted by Gasteiger charge is -1.94. The minimum Gasteiger partial charge on any atom is -0.366 e. The molecule has 1 saturated carbocycles. The third-order valence-corrected chi connectivity index (χ3v) is 3.97. The summed E-state index contributed by atoms with van der Waals surface area (Å²) in [6, 6.07) is 2.06. The maximum atomic E-state index is 5.55. The molecule has 4 rings (SSSR count). The minimum absolute atomic E-state index is 0.243. The summed E-state index contributed by atoms with van der Waals surface area (Å²) in [5, 5.41) is 15.5. The Labute approximate surface area is 121 Å². The maximum absolute atomic E-state index is 5.55. The fourth-order valence-electron chi connectivity index (χ4n) is 2.80. The van der Waals surface area contributed by atoms with E-state index < -0.39 is 0 Å². The summed E-state index contributed by atoms with van der Waals surface area (Å²) in [5.74, 6) is 1.86. The zero-order valence-corrected chi connectivity index (χ0v) is 11.9. The Balaban J connectivity index is 1.60. The zero-order chi connectivity index (χ0) is 14.6. The average molecular weight is 284 g/mol. The number of H-pyrrole nitrogens is 1. The second-order valence-corrected chi connectivity index (χ2v) is 5.52. The van der Waals surface area contributed by atoms with Crippen molar-refractivity contribution in [2.45, 2.75) is 18.3 Å². The van der Waals surface area contributed by atoms with Crippen LogP contribution in [0.15, 0.2) is 18.5 Å². The van der Waals surface area contributed by atoms with Gasteiger partial charge in [0.25, 0.3) is 0 Å². The number of nitrogens with one attached hydrogen (secondary N) is 1. The van der Waals surface area contributed by atoms with E-state index >= 15 is 0 Å². The summed E-state index contributed by atoms with van der Waals surface area (Å²) in [5.41, 5.74) is 8.80. The van der Waals surface area contributed by atoms with Gasteiger partial charge in [-0.1, -0.05) is 0 Å². The Bertz CT molecular complexity index is 795. The maximum Gasteiger partial charge on any atom is 0.239 e. The van der Waals surface area contributed by atoms with Crippen molar-refractivity contribution in [3.8, 4) is 11.5 Å². The molecule has 0 bridgehead atoms. The van der Waals surface area contributed by atoms with Gasteiger partial charge in [0.15, 0.2) is 5.82 Å². The Morgan fingerprint density at radius 1 is 1.33 bits per heavy atom. The Hall–Kier alpha value is -2.64. The molecule has 2 unspecified atom stereocenters. The first kappa shape index (κ1) is 12.1. The molecule has 3 heterocycles. The molecule has 0 aromatic carbocycles. The molecule has 3 aromatic rings. The van der Waals surface area contributed by atoms with Gasteiger partial charge in [0.1, 0.15) is 5.69 Å². The second kappa shape index (κ2) is 4.18. The molecule has 1 aliphatic rings. The topological polar surface area (TPSA) is 103 Å². The number of aromatic amines is 1. The first-order valence-corrected chi connectivity index (χ1v) is 6.82. The molecular formula is C13H16N8. The summed E-state index contributed by atoms with van der Waals surface area (Å²) in [4.78, 5) is 4.15. The van der Waals surface area contributed by atoms with Crippen molar-refractivity contribution < 1.29 is 0 Å². The Morgan fingerprint density at radius 3 is 2.86 bits per heavy atom. The van der Waals surface area contributed by atoms with Crippen molar-refractivity contribution in [1.82, 2.24) is 34.7 Å². The van der Waals surface area contributed by atoms with Crippen LogP contribution >= 0.6 is 0 Å². The van der Waals surface area contributed by atoms with Crippen LogP contribution in [0.3, 0.4) is 0 Å². The molecule has 21 heavy (non-hydrogen) atoms. The number of anilines is 1. The van der Waals surface area contributed by atoms with Gasteiger partial charge in [-0.2, -0.15) is 15.2 Å². The number of rotatable bonds is 3. The number of aromatic nitrogens is 7. The van der Waals surface area contributed by atoms with Crippen LogP contribution in [0, 0.1) is 0 Å². The monoisotopic (exact) mass is 284 g/mol. The smallest absolute Gasteiger partial charge is 0.239 e. The van der Waals surface area contributed by atoms with E-state index in [0.29, 0.717) is 17.7 Å². The molecule has 0 amide bonds. The predicted octanol–water partition coefficient (Wildman–Crippen LogP) is 0.792. The van der Waals surface area contributed by atoms with E-state index in [2.05, 4.69) is 37.6 Å². The summed E-state index contributed by atoms with van der Waals surface area (Å²) in [6.45, 7) is 0. The van der Waals surface area contributed by atoms with Crippen molar-refractivity contribution in [1.29, 1.82) is 0 Å². The fourth-order valence-corrected chi connectivity index (χ4v) is 2.80. The van der Waals surface area contributed by atoms with Crippen molar-refractivity contribution in [3.05, 3.63) is 29.7 Å². The first-order chi connectivity index (χ1) is 10.1. The van der Waals surface area contributed by atoms with E-state index in [1.54, 1.807) is 0 Å². The van der Waals surface area contributed by atoms with Gasteiger partial charge in [-0.3, -0.25) is 14.5 Å². The molecule has 1 fully saturated rings. The highest BCUT2D eigenvalue weighted by Crippen LogP contribution is 2.54. The Morgan fingerprint density at radius 2 is 2.19 bits per heavy atom. The molecule has 8 nitrogen and oxygen atoms in total. The van der Waals surface area contributed by atoms with Gasteiger partial charge in [0, 0.05) is 26.2 Å². The lowest BCUT2D eigenvalue weighted by atomic mass is 10.1. The molecular weight excluding hydrogens is 268 g/mol. The third-order valence-electron chi connectivity index (χ3n) is 3.97. The van der Waals surface area contributed by atoms with Gasteiger partial charge >= 0.3 is 0 Å². The molecule has 3 aromatic heterocycles. The number of nitrogens with two attached hydrogens (primary N) is 1. The fraction of sp³-hybridized carbons (Fsp3) is 0.385. The lowest BCUT2D eigenvalue weighted by molar-refractivity contribution is 0.743. The van der Waals surface area contributed by atoms with Crippen LogP contribution in [0.2, 0.25) is 0 Å². The van der Waals surface area contributed by atoms with E-state index in [1.807, 2.05) is 29.7 Å². The SMILES string of the molecule is Cn1cc(C2CC2c2cc(-c3nc(N)n[nH]3)n(C)n2)cn1. The van der Waals surface area contributed by atoms with Crippen molar-refractivity contribution in [2.24, 2.45) is 14.1 Å². The van der Waals surface area contributed by atoms with E-state index in [1.165, 1.54) is 5.56 Å². The van der Waals surface area contributed by atoms with Gasteiger partial charge in [-0.05, 0) is 24.0 Å². The molecule has 8 heteroatoms. The van der Waals surface area contributed by atoms with E-state index in [-0.39, 0.29) is 5.95 Å². The van der Waals surface area contributed by atoms with Crippen LogP contribution in [-0.4, -0.2) is 34.7 Å². The first-order valence-electron chi connectivity index (χ1n) is 6.82. The molecule has 108 valence electrons.